The molecule has 4 heteroatoms. The van der Waals surface area contributed by atoms with Gasteiger partial charge in [0.25, 0.3) is 0 Å². The summed E-state index contributed by atoms with van der Waals surface area (Å²) in [4.78, 5) is 2.48. The van der Waals surface area contributed by atoms with Crippen LogP contribution in [0.2, 0.25) is 10.0 Å². The minimum atomic E-state index is -0.00737. The maximum atomic E-state index is 6.41. The molecule has 0 aromatic heterocycles. The van der Waals surface area contributed by atoms with Gasteiger partial charge < -0.3 is 5.32 Å². The Morgan fingerprint density at radius 1 is 1.20 bits per heavy atom. The fourth-order valence-corrected chi connectivity index (χ4v) is 3.50. The molecule has 2 unspecified atom stereocenters. The van der Waals surface area contributed by atoms with Crippen LogP contribution in [0.1, 0.15) is 45.7 Å². The Labute approximate surface area is 133 Å². The standard InChI is InChI=1S/C16H26Cl2N2/c1-6-16(4,20(7-2)8-3)15(19-5)13-11-12(17)9-10-14(13)18/h9-11,15,19H,6-8H2,1-5H3. The Balaban J connectivity index is 3.31. The van der Waals surface area contributed by atoms with Crippen LogP contribution in [0, 0.1) is 0 Å². The van der Waals surface area contributed by atoms with E-state index in [4.69, 9.17) is 23.2 Å². The molecule has 1 aromatic rings. The number of benzene rings is 1. The zero-order valence-corrected chi connectivity index (χ0v) is 14.6. The zero-order chi connectivity index (χ0) is 15.3. The van der Waals surface area contributed by atoms with Crippen LogP contribution in [0.3, 0.4) is 0 Å². The molecule has 0 amide bonds. The maximum absolute atomic E-state index is 6.41. The van der Waals surface area contributed by atoms with E-state index in [1.54, 1.807) is 0 Å². The molecule has 2 atom stereocenters. The molecule has 1 aromatic carbocycles. The van der Waals surface area contributed by atoms with E-state index < -0.39 is 0 Å². The van der Waals surface area contributed by atoms with Crippen molar-refractivity contribution < 1.29 is 0 Å². The Morgan fingerprint density at radius 2 is 1.80 bits per heavy atom. The summed E-state index contributed by atoms with van der Waals surface area (Å²) in [7, 11) is 1.99. The van der Waals surface area contributed by atoms with Crippen molar-refractivity contribution in [2.45, 2.75) is 45.7 Å². The molecule has 1 rings (SSSR count). The molecule has 0 saturated carbocycles. The van der Waals surface area contributed by atoms with E-state index >= 15 is 0 Å². The summed E-state index contributed by atoms with van der Waals surface area (Å²) >= 11 is 12.6. The van der Waals surface area contributed by atoms with Gasteiger partial charge in [-0.15, -0.1) is 0 Å². The molecule has 0 aliphatic rings. The molecule has 114 valence electrons. The smallest absolute Gasteiger partial charge is 0.0517 e. The van der Waals surface area contributed by atoms with Crippen molar-refractivity contribution in [1.82, 2.24) is 10.2 Å². The second kappa shape index (κ2) is 7.65. The van der Waals surface area contributed by atoms with Gasteiger partial charge in [-0.2, -0.15) is 0 Å². The molecule has 20 heavy (non-hydrogen) atoms. The highest BCUT2D eigenvalue weighted by Crippen LogP contribution is 2.38. The predicted octanol–water partition coefficient (Wildman–Crippen LogP) is 4.76. The highest BCUT2D eigenvalue weighted by atomic mass is 35.5. The lowest BCUT2D eigenvalue weighted by Gasteiger charge is -2.46. The van der Waals surface area contributed by atoms with Crippen LogP contribution in [0.5, 0.6) is 0 Å². The number of likely N-dealkylation sites (N-methyl/N-ethyl adjacent to an activating group) is 2. The summed E-state index contributed by atoms with van der Waals surface area (Å²) in [5.74, 6) is 0. The molecule has 1 N–H and O–H groups in total. The topological polar surface area (TPSA) is 15.3 Å². The average molecular weight is 317 g/mol. The van der Waals surface area contributed by atoms with Crippen molar-refractivity contribution >= 4 is 23.2 Å². The summed E-state index contributed by atoms with van der Waals surface area (Å²) in [5.41, 5.74) is 1.06. The van der Waals surface area contributed by atoms with Crippen molar-refractivity contribution in [3.05, 3.63) is 33.8 Å². The normalized spacial score (nSPS) is 16.2. The lowest BCUT2D eigenvalue weighted by Crippen LogP contribution is -2.53. The molecule has 0 aliphatic heterocycles. The lowest BCUT2D eigenvalue weighted by atomic mass is 9.82. The van der Waals surface area contributed by atoms with Gasteiger partial charge in [-0.05, 0) is 57.2 Å². The molecule has 0 heterocycles. The molecule has 0 bridgehead atoms. The van der Waals surface area contributed by atoms with Gasteiger partial charge in [0, 0.05) is 15.6 Å². The molecular weight excluding hydrogens is 291 g/mol. The van der Waals surface area contributed by atoms with Crippen molar-refractivity contribution in [1.29, 1.82) is 0 Å². The van der Waals surface area contributed by atoms with Crippen LogP contribution in [0.15, 0.2) is 18.2 Å². The third-order valence-corrected chi connectivity index (χ3v) is 4.96. The number of rotatable bonds is 7. The second-order valence-electron chi connectivity index (χ2n) is 5.27. The molecule has 0 spiro atoms. The van der Waals surface area contributed by atoms with Crippen LogP contribution >= 0.6 is 23.2 Å². The van der Waals surface area contributed by atoms with E-state index in [9.17, 15) is 0 Å². The van der Waals surface area contributed by atoms with Gasteiger partial charge in [0.15, 0.2) is 0 Å². The fourth-order valence-electron chi connectivity index (χ4n) is 3.09. The van der Waals surface area contributed by atoms with Gasteiger partial charge in [0.2, 0.25) is 0 Å². The van der Waals surface area contributed by atoms with Crippen LogP contribution in [-0.2, 0) is 0 Å². The number of hydrogen-bond acceptors (Lipinski definition) is 2. The van der Waals surface area contributed by atoms with Crippen molar-refractivity contribution in [2.75, 3.05) is 20.1 Å². The number of nitrogens with one attached hydrogen (secondary N) is 1. The SMILES string of the molecule is CCN(CC)C(C)(CC)C(NC)c1cc(Cl)ccc1Cl. The summed E-state index contributed by atoms with van der Waals surface area (Å²) in [6, 6.07) is 5.82. The number of halogens is 2. The lowest BCUT2D eigenvalue weighted by molar-refractivity contribution is 0.0728. The first-order valence-corrected chi connectivity index (χ1v) is 8.07. The first-order valence-electron chi connectivity index (χ1n) is 7.31. The first-order chi connectivity index (χ1) is 9.44. The van der Waals surface area contributed by atoms with Gasteiger partial charge >= 0.3 is 0 Å². The van der Waals surface area contributed by atoms with E-state index in [2.05, 4.69) is 37.9 Å². The van der Waals surface area contributed by atoms with Gasteiger partial charge in [0.05, 0.1) is 6.04 Å². The minimum absolute atomic E-state index is 0.00737. The molecule has 0 fully saturated rings. The quantitative estimate of drug-likeness (QED) is 0.779. The summed E-state index contributed by atoms with van der Waals surface area (Å²) in [6.07, 6.45) is 1.03. The molecule has 2 nitrogen and oxygen atoms in total. The summed E-state index contributed by atoms with van der Waals surface area (Å²) in [6.45, 7) is 10.9. The van der Waals surface area contributed by atoms with Crippen molar-refractivity contribution in [3.63, 3.8) is 0 Å². The highest BCUT2D eigenvalue weighted by Gasteiger charge is 2.38. The highest BCUT2D eigenvalue weighted by molar-refractivity contribution is 6.33. The zero-order valence-electron chi connectivity index (χ0n) is 13.1. The van der Waals surface area contributed by atoms with Crippen molar-refractivity contribution in [2.24, 2.45) is 0 Å². The van der Waals surface area contributed by atoms with Crippen LogP contribution < -0.4 is 5.32 Å². The molecule has 0 aliphatic carbocycles. The van der Waals surface area contributed by atoms with E-state index in [0.29, 0.717) is 0 Å². The maximum Gasteiger partial charge on any atom is 0.0517 e. The van der Waals surface area contributed by atoms with E-state index in [-0.39, 0.29) is 11.6 Å². The Hall–Kier alpha value is -0.280. The average Bonchev–Trinajstić information content (AvgIpc) is 2.44. The van der Waals surface area contributed by atoms with Gasteiger partial charge in [-0.25, -0.2) is 0 Å². The fraction of sp³-hybridized carbons (Fsp3) is 0.625. The van der Waals surface area contributed by atoms with Gasteiger partial charge in [-0.1, -0.05) is 44.0 Å². The molecule has 0 radical (unpaired) electrons. The number of nitrogens with zero attached hydrogens (tertiary/aromatic N) is 1. The van der Waals surface area contributed by atoms with Crippen molar-refractivity contribution in [3.8, 4) is 0 Å². The van der Waals surface area contributed by atoms with E-state index in [1.807, 2.05) is 25.2 Å². The van der Waals surface area contributed by atoms with Gasteiger partial charge in [-0.3, -0.25) is 4.90 Å². The Kier molecular flexibility index (Phi) is 6.80. The van der Waals surface area contributed by atoms with Gasteiger partial charge in [0.1, 0.15) is 0 Å². The summed E-state index contributed by atoms with van der Waals surface area (Å²) in [5, 5.41) is 4.93. The monoisotopic (exact) mass is 316 g/mol. The summed E-state index contributed by atoms with van der Waals surface area (Å²) < 4.78 is 0. The predicted molar refractivity (Wildman–Crippen MR) is 89.9 cm³/mol. The third kappa shape index (κ3) is 3.48. The van der Waals surface area contributed by atoms with E-state index in [0.717, 1.165) is 35.1 Å². The van der Waals surface area contributed by atoms with Crippen LogP contribution in [0.25, 0.3) is 0 Å². The number of hydrogen-bond donors (Lipinski definition) is 1. The minimum Gasteiger partial charge on any atom is -0.311 e. The second-order valence-corrected chi connectivity index (χ2v) is 6.11. The third-order valence-electron chi connectivity index (χ3n) is 4.38. The Bertz CT molecular complexity index is 432. The molecular formula is C16H26Cl2N2. The largest absolute Gasteiger partial charge is 0.311 e. The first kappa shape index (κ1) is 17.8. The van der Waals surface area contributed by atoms with Crippen LogP contribution in [-0.4, -0.2) is 30.6 Å². The molecule has 0 saturated heterocycles. The van der Waals surface area contributed by atoms with Crippen LogP contribution in [0.4, 0.5) is 0 Å². The van der Waals surface area contributed by atoms with E-state index in [1.165, 1.54) is 0 Å². The Morgan fingerprint density at radius 3 is 2.25 bits per heavy atom.